The Kier molecular flexibility index (Phi) is 5.28. The monoisotopic (exact) mass is 420 g/mol. The molecule has 0 radical (unpaired) electrons. The lowest BCUT2D eigenvalue weighted by Crippen LogP contribution is -2.46. The van der Waals surface area contributed by atoms with Gasteiger partial charge in [-0.15, -0.1) is 0 Å². The van der Waals surface area contributed by atoms with Gasteiger partial charge < -0.3 is 20.3 Å². The average molecular weight is 421 g/mol. The predicted molar refractivity (Wildman–Crippen MR) is 120 cm³/mol. The van der Waals surface area contributed by atoms with E-state index in [1.165, 1.54) is 11.3 Å². The summed E-state index contributed by atoms with van der Waals surface area (Å²) in [4.78, 5) is 28.6. The summed E-state index contributed by atoms with van der Waals surface area (Å²) in [5.41, 5.74) is 3.98. The second-order valence-electron chi connectivity index (χ2n) is 8.65. The molecule has 5 rings (SSSR count). The summed E-state index contributed by atoms with van der Waals surface area (Å²) in [5.74, 6) is 0.994. The molecule has 2 aromatic carbocycles. The maximum atomic E-state index is 11.9. The van der Waals surface area contributed by atoms with Crippen LogP contribution in [0.2, 0.25) is 0 Å². The molecule has 1 atom stereocenters. The van der Waals surface area contributed by atoms with E-state index in [2.05, 4.69) is 38.6 Å². The largest absolute Gasteiger partial charge is 0.479 e. The summed E-state index contributed by atoms with van der Waals surface area (Å²) < 4.78 is 5.64. The van der Waals surface area contributed by atoms with E-state index in [1.807, 2.05) is 24.3 Å². The Hall–Kier alpha value is -3.06. The molecule has 1 saturated carbocycles. The molecule has 2 aromatic rings. The van der Waals surface area contributed by atoms with Gasteiger partial charge in [0.25, 0.3) is 5.91 Å². The van der Waals surface area contributed by atoms with Crippen LogP contribution in [0.5, 0.6) is 5.75 Å². The summed E-state index contributed by atoms with van der Waals surface area (Å²) in [6.07, 6.45) is 1.58. The Morgan fingerprint density at radius 2 is 1.84 bits per heavy atom. The first kappa shape index (κ1) is 19.9. The van der Waals surface area contributed by atoms with Crippen LogP contribution in [0, 0.1) is 5.92 Å². The highest BCUT2D eigenvalue weighted by atomic mass is 16.5. The number of anilines is 3. The number of rotatable bonds is 5. The minimum absolute atomic E-state index is 0.101. The van der Waals surface area contributed by atoms with Crippen LogP contribution in [0.1, 0.15) is 25.3 Å². The Bertz CT molecular complexity index is 979. The topological polar surface area (TPSA) is 73.9 Å². The van der Waals surface area contributed by atoms with Crippen LogP contribution in [0.25, 0.3) is 0 Å². The molecule has 3 aliphatic rings. The first-order chi connectivity index (χ1) is 15.0. The first-order valence-electron chi connectivity index (χ1n) is 11.0. The standard InChI is InChI=1S/C24H28N4O3/c1-16-23(29)26-21-14-17(2-9-22(21)31-16)15-27-10-12-28(13-11-27)20-7-5-19(6-8-20)25-24(30)18-3-4-18/h2,5-9,14,16,18H,3-4,10-13,15H2,1H3,(H,25,30)(H,26,29). The smallest absolute Gasteiger partial charge is 0.265 e. The molecule has 2 N–H and O–H groups in total. The van der Waals surface area contributed by atoms with Crippen molar-refractivity contribution in [3.8, 4) is 5.75 Å². The number of carbonyl (C=O) groups is 2. The third-order valence-electron chi connectivity index (χ3n) is 6.20. The van der Waals surface area contributed by atoms with Crippen LogP contribution in [0.3, 0.4) is 0 Å². The minimum Gasteiger partial charge on any atom is -0.479 e. The third-order valence-corrected chi connectivity index (χ3v) is 6.20. The lowest BCUT2D eigenvalue weighted by atomic mass is 10.1. The van der Waals surface area contributed by atoms with E-state index in [0.29, 0.717) is 0 Å². The maximum absolute atomic E-state index is 11.9. The number of ether oxygens (including phenoxy) is 1. The molecule has 1 aliphatic carbocycles. The van der Waals surface area contributed by atoms with Gasteiger partial charge in [0, 0.05) is 50.0 Å². The zero-order chi connectivity index (χ0) is 21.4. The second-order valence-corrected chi connectivity index (χ2v) is 8.65. The van der Waals surface area contributed by atoms with Crippen molar-refractivity contribution in [3.05, 3.63) is 48.0 Å². The van der Waals surface area contributed by atoms with Crippen molar-refractivity contribution >= 4 is 28.9 Å². The highest BCUT2D eigenvalue weighted by molar-refractivity contribution is 5.97. The number of nitrogens with zero attached hydrogens (tertiary/aromatic N) is 2. The van der Waals surface area contributed by atoms with Crippen molar-refractivity contribution < 1.29 is 14.3 Å². The number of amides is 2. The highest BCUT2D eigenvalue weighted by Crippen LogP contribution is 2.32. The molecule has 162 valence electrons. The van der Waals surface area contributed by atoms with Gasteiger partial charge in [-0.3, -0.25) is 14.5 Å². The normalized spacial score (nSPS) is 21.1. The molecule has 2 amide bonds. The summed E-state index contributed by atoms with van der Waals surface area (Å²) in [6.45, 7) is 6.45. The van der Waals surface area contributed by atoms with Crippen molar-refractivity contribution in [2.45, 2.75) is 32.4 Å². The fourth-order valence-corrected chi connectivity index (χ4v) is 4.12. The molecule has 2 heterocycles. The van der Waals surface area contributed by atoms with Crippen LogP contribution in [0.4, 0.5) is 17.1 Å². The van der Waals surface area contributed by atoms with Gasteiger partial charge in [0.1, 0.15) is 5.75 Å². The Morgan fingerprint density at radius 3 is 2.55 bits per heavy atom. The number of fused-ring (bicyclic) bond motifs is 1. The number of piperazine rings is 1. The molecular weight excluding hydrogens is 392 g/mol. The van der Waals surface area contributed by atoms with Crippen LogP contribution < -0.4 is 20.3 Å². The third kappa shape index (κ3) is 4.51. The highest BCUT2D eigenvalue weighted by Gasteiger charge is 2.29. The fourth-order valence-electron chi connectivity index (χ4n) is 4.12. The van der Waals surface area contributed by atoms with Crippen LogP contribution >= 0.6 is 0 Å². The molecule has 1 saturated heterocycles. The Balaban J connectivity index is 1.14. The predicted octanol–water partition coefficient (Wildman–Crippen LogP) is 3.08. The lowest BCUT2D eigenvalue weighted by molar-refractivity contribution is -0.122. The van der Waals surface area contributed by atoms with Gasteiger partial charge in [-0.1, -0.05) is 6.07 Å². The minimum atomic E-state index is -0.449. The van der Waals surface area contributed by atoms with E-state index in [4.69, 9.17) is 4.74 Å². The lowest BCUT2D eigenvalue weighted by Gasteiger charge is -2.36. The van der Waals surface area contributed by atoms with Crippen molar-refractivity contribution in [2.24, 2.45) is 5.92 Å². The van der Waals surface area contributed by atoms with Gasteiger partial charge >= 0.3 is 0 Å². The maximum Gasteiger partial charge on any atom is 0.265 e. The number of hydrogen-bond donors (Lipinski definition) is 2. The van der Waals surface area contributed by atoms with E-state index < -0.39 is 6.10 Å². The fraction of sp³-hybridized carbons (Fsp3) is 0.417. The molecule has 7 heteroatoms. The van der Waals surface area contributed by atoms with Crippen LogP contribution in [0.15, 0.2) is 42.5 Å². The van der Waals surface area contributed by atoms with Gasteiger partial charge in [-0.25, -0.2) is 0 Å². The molecule has 2 fully saturated rings. The summed E-state index contributed by atoms with van der Waals surface area (Å²) >= 11 is 0. The summed E-state index contributed by atoms with van der Waals surface area (Å²) in [5, 5.41) is 5.92. The van der Waals surface area contributed by atoms with E-state index in [0.717, 1.165) is 62.7 Å². The van der Waals surface area contributed by atoms with E-state index in [-0.39, 0.29) is 17.7 Å². The van der Waals surface area contributed by atoms with E-state index in [9.17, 15) is 9.59 Å². The molecule has 0 spiro atoms. The number of benzene rings is 2. The van der Waals surface area contributed by atoms with Gasteiger partial charge in [-0.05, 0) is 61.7 Å². The van der Waals surface area contributed by atoms with Gasteiger partial charge in [0.2, 0.25) is 5.91 Å². The molecule has 1 unspecified atom stereocenters. The molecule has 2 aliphatic heterocycles. The van der Waals surface area contributed by atoms with E-state index in [1.54, 1.807) is 6.92 Å². The quantitative estimate of drug-likeness (QED) is 0.778. The first-order valence-corrected chi connectivity index (χ1v) is 11.0. The van der Waals surface area contributed by atoms with Crippen molar-refractivity contribution in [1.29, 1.82) is 0 Å². The summed E-state index contributed by atoms with van der Waals surface area (Å²) in [6, 6.07) is 14.2. The molecule has 31 heavy (non-hydrogen) atoms. The van der Waals surface area contributed by atoms with Crippen molar-refractivity contribution in [2.75, 3.05) is 41.7 Å². The molecule has 0 aromatic heterocycles. The number of nitrogens with one attached hydrogen (secondary N) is 2. The zero-order valence-electron chi connectivity index (χ0n) is 17.8. The average Bonchev–Trinajstić information content (AvgIpc) is 3.62. The van der Waals surface area contributed by atoms with Gasteiger partial charge in [0.05, 0.1) is 5.69 Å². The van der Waals surface area contributed by atoms with Crippen molar-refractivity contribution in [1.82, 2.24) is 4.90 Å². The molecular formula is C24H28N4O3. The van der Waals surface area contributed by atoms with E-state index >= 15 is 0 Å². The Morgan fingerprint density at radius 1 is 1.10 bits per heavy atom. The SMILES string of the molecule is CC1Oc2ccc(CN3CCN(c4ccc(NC(=O)C5CC5)cc4)CC3)cc2NC1=O. The van der Waals surface area contributed by atoms with Crippen LogP contribution in [-0.2, 0) is 16.1 Å². The molecule has 7 nitrogen and oxygen atoms in total. The Labute approximate surface area is 182 Å². The number of hydrogen-bond acceptors (Lipinski definition) is 5. The second kappa shape index (κ2) is 8.23. The summed E-state index contributed by atoms with van der Waals surface area (Å²) in [7, 11) is 0. The van der Waals surface area contributed by atoms with Gasteiger partial charge in [-0.2, -0.15) is 0 Å². The number of carbonyl (C=O) groups excluding carboxylic acids is 2. The molecule has 0 bridgehead atoms. The zero-order valence-corrected chi connectivity index (χ0v) is 17.8. The van der Waals surface area contributed by atoms with Crippen molar-refractivity contribution in [3.63, 3.8) is 0 Å². The van der Waals surface area contributed by atoms with Gasteiger partial charge in [0.15, 0.2) is 6.10 Å². The van der Waals surface area contributed by atoms with Crippen LogP contribution in [-0.4, -0.2) is 49.0 Å².